The fourth-order valence-corrected chi connectivity index (χ4v) is 4.94. The number of likely N-dealkylation sites (N-methyl/N-ethyl adjacent to an activating group) is 1. The third-order valence-electron chi connectivity index (χ3n) is 4.38. The Kier molecular flexibility index (Phi) is 7.42. The van der Waals surface area contributed by atoms with Gasteiger partial charge in [-0.1, -0.05) is 17.7 Å². The molecule has 1 atom stereocenters. The Hall–Kier alpha value is -2.34. The van der Waals surface area contributed by atoms with Crippen molar-refractivity contribution in [1.82, 2.24) is 10.3 Å². The van der Waals surface area contributed by atoms with E-state index in [9.17, 15) is 21.6 Å². The van der Waals surface area contributed by atoms with Crippen LogP contribution in [0.5, 0.6) is 0 Å². The van der Waals surface area contributed by atoms with Crippen LogP contribution in [-0.2, 0) is 16.4 Å². The molecule has 0 fully saturated rings. The monoisotopic (exact) mass is 490 g/mol. The van der Waals surface area contributed by atoms with Crippen LogP contribution in [0.2, 0.25) is 5.02 Å². The first-order valence-corrected chi connectivity index (χ1v) is 11.7. The largest absolute Gasteiger partial charge is 0.382 e. The van der Waals surface area contributed by atoms with Crippen LogP contribution < -0.4 is 15.4 Å². The van der Waals surface area contributed by atoms with Gasteiger partial charge in [-0.05, 0) is 43.3 Å². The van der Waals surface area contributed by atoms with E-state index < -0.39 is 32.4 Å². The molecule has 6 nitrogen and oxygen atoms in total. The molecule has 0 bridgehead atoms. The fourth-order valence-electron chi connectivity index (χ4n) is 2.77. The van der Waals surface area contributed by atoms with Gasteiger partial charge in [-0.2, -0.15) is 0 Å². The highest BCUT2D eigenvalue weighted by molar-refractivity contribution is 7.93. The summed E-state index contributed by atoms with van der Waals surface area (Å²) in [6.45, 7) is 0.262. The lowest BCUT2D eigenvalue weighted by atomic mass is 10.1. The summed E-state index contributed by atoms with van der Waals surface area (Å²) in [7, 11) is -2.52. The lowest BCUT2D eigenvalue weighted by Gasteiger charge is -2.19. The van der Waals surface area contributed by atoms with Crippen LogP contribution in [-0.4, -0.2) is 33.0 Å². The number of sulfonamides is 1. The standard InChI is InChI=1S/C19H18ClF3N4O2S2/c1-24-12(6-11-2-3-14(21)15(22)7-11)10-26-17-9-16(23)18(8-13(17)20)31(28,29)27-19-25-4-5-30-19/h2-5,7-9,12,24,26H,6,10H2,1H3,(H,25,27)/t12-/m0/s1. The minimum atomic E-state index is -4.21. The molecule has 3 rings (SSSR count). The molecule has 0 amide bonds. The molecule has 166 valence electrons. The first kappa shape index (κ1) is 23.3. The molecule has 2 aromatic carbocycles. The lowest BCUT2D eigenvalue weighted by Crippen LogP contribution is -2.34. The number of halogens is 4. The Morgan fingerprint density at radius 2 is 1.90 bits per heavy atom. The minimum absolute atomic E-state index is 0.00333. The van der Waals surface area contributed by atoms with Gasteiger partial charge >= 0.3 is 0 Å². The number of thiazole rings is 1. The van der Waals surface area contributed by atoms with Crippen molar-refractivity contribution in [2.75, 3.05) is 23.6 Å². The maximum atomic E-state index is 14.6. The van der Waals surface area contributed by atoms with Gasteiger partial charge < -0.3 is 10.6 Å². The van der Waals surface area contributed by atoms with Gasteiger partial charge in [0.2, 0.25) is 0 Å². The lowest BCUT2D eigenvalue weighted by molar-refractivity contribution is 0.504. The number of nitrogens with one attached hydrogen (secondary N) is 3. The van der Waals surface area contributed by atoms with Gasteiger partial charge in [-0.25, -0.2) is 26.6 Å². The second-order valence-corrected chi connectivity index (χ2v) is 9.48. The molecule has 3 N–H and O–H groups in total. The highest BCUT2D eigenvalue weighted by atomic mass is 35.5. The fraction of sp³-hybridized carbons (Fsp3) is 0.211. The maximum Gasteiger partial charge on any atom is 0.266 e. The molecule has 1 aromatic heterocycles. The minimum Gasteiger partial charge on any atom is -0.382 e. The van der Waals surface area contributed by atoms with Gasteiger partial charge in [0.25, 0.3) is 10.0 Å². The van der Waals surface area contributed by atoms with Gasteiger partial charge in [-0.3, -0.25) is 4.72 Å². The maximum absolute atomic E-state index is 14.6. The zero-order valence-electron chi connectivity index (χ0n) is 16.1. The molecule has 0 saturated heterocycles. The van der Waals surface area contributed by atoms with E-state index in [1.807, 2.05) is 0 Å². The Bertz CT molecular complexity index is 1160. The van der Waals surface area contributed by atoms with Crippen molar-refractivity contribution < 1.29 is 21.6 Å². The molecular weight excluding hydrogens is 473 g/mol. The van der Waals surface area contributed by atoms with Crippen LogP contribution in [0, 0.1) is 17.5 Å². The molecule has 0 unspecified atom stereocenters. The molecule has 0 aliphatic heterocycles. The van der Waals surface area contributed by atoms with E-state index in [1.54, 1.807) is 12.4 Å². The van der Waals surface area contributed by atoms with Gasteiger partial charge in [-0.15, -0.1) is 11.3 Å². The molecule has 0 saturated carbocycles. The summed E-state index contributed by atoms with van der Waals surface area (Å²) in [5, 5.41) is 7.65. The van der Waals surface area contributed by atoms with Gasteiger partial charge in [0.05, 0.1) is 10.7 Å². The Morgan fingerprint density at radius 1 is 1.13 bits per heavy atom. The molecule has 0 aliphatic rings. The predicted octanol–water partition coefficient (Wildman–Crippen LogP) is 4.26. The third-order valence-corrected chi connectivity index (χ3v) is 6.86. The van der Waals surface area contributed by atoms with Crippen LogP contribution >= 0.6 is 22.9 Å². The smallest absolute Gasteiger partial charge is 0.266 e. The molecule has 0 aliphatic carbocycles. The SMILES string of the molecule is CN[C@H](CNc1cc(F)c(S(=O)(=O)Nc2nccs2)cc1Cl)Cc1ccc(F)c(F)c1. The normalized spacial score (nSPS) is 12.5. The quantitative estimate of drug-likeness (QED) is 0.417. The van der Waals surface area contributed by atoms with Gasteiger partial charge in [0, 0.05) is 24.2 Å². The number of rotatable bonds is 9. The molecule has 1 heterocycles. The topological polar surface area (TPSA) is 83.1 Å². The van der Waals surface area contributed by atoms with E-state index in [2.05, 4.69) is 20.3 Å². The predicted molar refractivity (Wildman–Crippen MR) is 116 cm³/mol. The van der Waals surface area contributed by atoms with E-state index in [0.717, 1.165) is 35.6 Å². The Balaban J connectivity index is 1.71. The third kappa shape index (κ3) is 5.88. The molecule has 0 radical (unpaired) electrons. The first-order chi connectivity index (χ1) is 14.7. The Labute approximate surface area is 186 Å². The first-order valence-electron chi connectivity index (χ1n) is 8.96. The zero-order chi connectivity index (χ0) is 22.6. The molecular formula is C19H18ClF3N4O2S2. The number of anilines is 2. The van der Waals surface area contributed by atoms with E-state index in [4.69, 9.17) is 11.6 Å². The van der Waals surface area contributed by atoms with Crippen LogP contribution in [0.4, 0.5) is 24.0 Å². The van der Waals surface area contributed by atoms with E-state index in [0.29, 0.717) is 12.0 Å². The van der Waals surface area contributed by atoms with Crippen LogP contribution in [0.1, 0.15) is 5.56 Å². The average Bonchev–Trinajstić information content (AvgIpc) is 3.22. The van der Waals surface area contributed by atoms with Crippen molar-refractivity contribution in [1.29, 1.82) is 0 Å². The van der Waals surface area contributed by atoms with Gasteiger partial charge in [0.1, 0.15) is 10.7 Å². The Morgan fingerprint density at radius 3 is 2.55 bits per heavy atom. The zero-order valence-corrected chi connectivity index (χ0v) is 18.5. The van der Waals surface area contributed by atoms with Crippen molar-refractivity contribution in [3.63, 3.8) is 0 Å². The van der Waals surface area contributed by atoms with Gasteiger partial charge in [0.15, 0.2) is 16.8 Å². The van der Waals surface area contributed by atoms with Crippen molar-refractivity contribution in [3.05, 3.63) is 69.9 Å². The number of benzene rings is 2. The summed E-state index contributed by atoms with van der Waals surface area (Å²) in [5.41, 5.74) is 0.768. The van der Waals surface area contributed by atoms with Crippen molar-refractivity contribution in [2.45, 2.75) is 17.4 Å². The van der Waals surface area contributed by atoms with Crippen molar-refractivity contribution >= 4 is 43.8 Å². The van der Waals surface area contributed by atoms with Crippen LogP contribution in [0.15, 0.2) is 46.8 Å². The second kappa shape index (κ2) is 9.86. The second-order valence-electron chi connectivity index (χ2n) is 6.52. The number of hydrogen-bond acceptors (Lipinski definition) is 6. The van der Waals surface area contributed by atoms with Crippen LogP contribution in [0.25, 0.3) is 0 Å². The summed E-state index contributed by atoms with van der Waals surface area (Å²) >= 11 is 7.22. The van der Waals surface area contributed by atoms with Crippen LogP contribution in [0.3, 0.4) is 0 Å². The van der Waals surface area contributed by atoms with Crippen molar-refractivity contribution in [3.8, 4) is 0 Å². The number of aromatic nitrogens is 1. The molecule has 0 spiro atoms. The summed E-state index contributed by atoms with van der Waals surface area (Å²) in [4.78, 5) is 3.20. The molecule has 3 aromatic rings. The summed E-state index contributed by atoms with van der Waals surface area (Å²) < 4.78 is 68.1. The van der Waals surface area contributed by atoms with E-state index in [-0.39, 0.29) is 28.4 Å². The number of nitrogens with zero attached hydrogens (tertiary/aromatic N) is 1. The summed E-state index contributed by atoms with van der Waals surface area (Å²) in [6, 6.07) is 5.42. The summed E-state index contributed by atoms with van der Waals surface area (Å²) in [5.74, 6) is -2.85. The highest BCUT2D eigenvalue weighted by Gasteiger charge is 2.22. The van der Waals surface area contributed by atoms with E-state index >= 15 is 0 Å². The van der Waals surface area contributed by atoms with E-state index in [1.165, 1.54) is 12.3 Å². The molecule has 12 heteroatoms. The highest BCUT2D eigenvalue weighted by Crippen LogP contribution is 2.29. The van der Waals surface area contributed by atoms with Crippen molar-refractivity contribution in [2.24, 2.45) is 0 Å². The number of hydrogen-bond donors (Lipinski definition) is 3. The summed E-state index contributed by atoms with van der Waals surface area (Å²) in [6.07, 6.45) is 1.78. The average molecular weight is 491 g/mol. The molecule has 31 heavy (non-hydrogen) atoms.